The molecule has 3 heterocycles. The number of hydrogen-bond donors (Lipinski definition) is 0. The van der Waals surface area contributed by atoms with E-state index in [1.54, 1.807) is 0 Å². The summed E-state index contributed by atoms with van der Waals surface area (Å²) in [6.07, 6.45) is 8.07. The molecule has 1 saturated carbocycles. The summed E-state index contributed by atoms with van der Waals surface area (Å²) in [6, 6.07) is 0. The van der Waals surface area contributed by atoms with Gasteiger partial charge in [0.15, 0.2) is 0 Å². The first-order chi connectivity index (χ1) is 10.7. The molecule has 0 radical (unpaired) electrons. The summed E-state index contributed by atoms with van der Waals surface area (Å²) in [7, 11) is 2.08. The number of ether oxygens (including phenoxy) is 1. The Labute approximate surface area is 133 Å². The van der Waals surface area contributed by atoms with E-state index in [1.807, 2.05) is 12.4 Å². The van der Waals surface area contributed by atoms with Crippen LogP contribution in [0.1, 0.15) is 25.1 Å². The van der Waals surface area contributed by atoms with Crippen molar-refractivity contribution in [2.24, 2.45) is 18.4 Å². The van der Waals surface area contributed by atoms with Crippen LogP contribution in [0.3, 0.4) is 0 Å². The molecule has 0 amide bonds. The van der Waals surface area contributed by atoms with Gasteiger partial charge in [-0.05, 0) is 31.7 Å². The first kappa shape index (κ1) is 14.7. The van der Waals surface area contributed by atoms with Gasteiger partial charge in [-0.15, -0.1) is 0 Å². The van der Waals surface area contributed by atoms with Gasteiger partial charge in [0.2, 0.25) is 0 Å². The Morgan fingerprint density at radius 1 is 1.27 bits per heavy atom. The summed E-state index contributed by atoms with van der Waals surface area (Å²) in [4.78, 5) is 9.71. The third-order valence-corrected chi connectivity index (χ3v) is 5.54. The van der Waals surface area contributed by atoms with Gasteiger partial charge >= 0.3 is 0 Å². The number of imidazole rings is 1. The molecule has 1 aromatic heterocycles. The van der Waals surface area contributed by atoms with E-state index in [-0.39, 0.29) is 0 Å². The summed E-state index contributed by atoms with van der Waals surface area (Å²) in [5.74, 6) is 2.14. The van der Waals surface area contributed by atoms with Crippen LogP contribution in [-0.2, 0) is 18.3 Å². The highest BCUT2D eigenvalue weighted by atomic mass is 16.5. The molecule has 3 fully saturated rings. The molecule has 5 nitrogen and oxygen atoms in total. The Hall–Kier alpha value is -0.910. The fourth-order valence-electron chi connectivity index (χ4n) is 4.06. The number of aromatic nitrogens is 2. The van der Waals surface area contributed by atoms with Crippen LogP contribution in [0, 0.1) is 11.3 Å². The zero-order valence-corrected chi connectivity index (χ0v) is 13.7. The van der Waals surface area contributed by atoms with Crippen molar-refractivity contribution in [3.05, 3.63) is 18.2 Å². The standard InChI is InChI=1S/C17H28N4O/c1-19-7-5-18-16(19)11-20-6-4-17(12-20)13-21(8-9-22-14-17)10-15-2-3-15/h5,7,15H,2-4,6,8-14H2,1H3. The van der Waals surface area contributed by atoms with E-state index >= 15 is 0 Å². The van der Waals surface area contributed by atoms with Gasteiger partial charge in [0.05, 0.1) is 19.8 Å². The Kier molecular flexibility index (Phi) is 3.96. The zero-order valence-electron chi connectivity index (χ0n) is 13.7. The molecule has 2 saturated heterocycles. The van der Waals surface area contributed by atoms with E-state index in [9.17, 15) is 0 Å². The van der Waals surface area contributed by atoms with Crippen LogP contribution in [0.2, 0.25) is 0 Å². The van der Waals surface area contributed by atoms with Gasteiger partial charge in [-0.1, -0.05) is 0 Å². The molecule has 0 aromatic carbocycles. The van der Waals surface area contributed by atoms with E-state index in [4.69, 9.17) is 4.74 Å². The molecule has 3 aliphatic rings. The van der Waals surface area contributed by atoms with Crippen LogP contribution in [0.15, 0.2) is 12.4 Å². The maximum absolute atomic E-state index is 5.98. The molecule has 122 valence electrons. The lowest BCUT2D eigenvalue weighted by molar-refractivity contribution is 0.0704. The molecule has 1 aromatic rings. The van der Waals surface area contributed by atoms with Crippen molar-refractivity contribution in [1.82, 2.24) is 19.4 Å². The molecule has 2 aliphatic heterocycles. The first-order valence-electron chi connectivity index (χ1n) is 8.71. The molecular weight excluding hydrogens is 276 g/mol. The Balaban J connectivity index is 1.39. The number of rotatable bonds is 4. The average Bonchev–Trinajstić information content (AvgIpc) is 3.15. The van der Waals surface area contributed by atoms with Gasteiger partial charge < -0.3 is 14.2 Å². The van der Waals surface area contributed by atoms with E-state index in [0.717, 1.165) is 38.8 Å². The smallest absolute Gasteiger partial charge is 0.122 e. The van der Waals surface area contributed by atoms with Crippen LogP contribution in [0.25, 0.3) is 0 Å². The monoisotopic (exact) mass is 304 g/mol. The zero-order chi connectivity index (χ0) is 15.0. The number of hydrogen-bond acceptors (Lipinski definition) is 4. The molecule has 1 spiro atoms. The van der Waals surface area contributed by atoms with E-state index in [1.165, 1.54) is 44.7 Å². The molecule has 0 N–H and O–H groups in total. The van der Waals surface area contributed by atoms with Gasteiger partial charge in [0.1, 0.15) is 5.82 Å². The fourth-order valence-corrected chi connectivity index (χ4v) is 4.06. The van der Waals surface area contributed by atoms with E-state index in [0.29, 0.717) is 5.41 Å². The Morgan fingerprint density at radius 2 is 2.14 bits per heavy atom. The predicted octanol–water partition coefficient (Wildman–Crippen LogP) is 1.35. The van der Waals surface area contributed by atoms with Gasteiger partial charge in [0, 0.05) is 51.0 Å². The predicted molar refractivity (Wildman–Crippen MR) is 85.5 cm³/mol. The lowest BCUT2D eigenvalue weighted by Gasteiger charge is -2.32. The summed E-state index contributed by atoms with van der Waals surface area (Å²) < 4.78 is 8.12. The number of nitrogens with zero attached hydrogens (tertiary/aromatic N) is 4. The van der Waals surface area contributed by atoms with Crippen molar-refractivity contribution in [3.63, 3.8) is 0 Å². The van der Waals surface area contributed by atoms with Crippen molar-refractivity contribution in [1.29, 1.82) is 0 Å². The van der Waals surface area contributed by atoms with Crippen LogP contribution in [0.5, 0.6) is 0 Å². The second kappa shape index (κ2) is 5.95. The SMILES string of the molecule is Cn1ccnc1CN1CCC2(COCCN(CC3CC3)C2)C1. The number of likely N-dealkylation sites (tertiary alicyclic amines) is 1. The lowest BCUT2D eigenvalue weighted by Crippen LogP contribution is -2.41. The average molecular weight is 304 g/mol. The normalized spacial score (nSPS) is 31.0. The largest absolute Gasteiger partial charge is 0.379 e. The minimum atomic E-state index is 0.344. The van der Waals surface area contributed by atoms with Crippen molar-refractivity contribution < 1.29 is 4.74 Å². The highest BCUT2D eigenvalue weighted by Crippen LogP contribution is 2.36. The van der Waals surface area contributed by atoms with Crippen molar-refractivity contribution in [2.75, 3.05) is 45.9 Å². The Morgan fingerprint density at radius 3 is 2.91 bits per heavy atom. The summed E-state index contributed by atoms with van der Waals surface area (Å²) in [5.41, 5.74) is 0.344. The molecule has 22 heavy (non-hydrogen) atoms. The van der Waals surface area contributed by atoms with E-state index < -0.39 is 0 Å². The number of aryl methyl sites for hydroxylation is 1. The first-order valence-corrected chi connectivity index (χ1v) is 8.71. The topological polar surface area (TPSA) is 33.5 Å². The molecule has 5 heteroatoms. The summed E-state index contributed by atoms with van der Waals surface area (Å²) in [6.45, 7) is 8.78. The van der Waals surface area contributed by atoms with Crippen molar-refractivity contribution in [2.45, 2.75) is 25.8 Å². The van der Waals surface area contributed by atoms with E-state index in [2.05, 4.69) is 26.4 Å². The molecule has 4 rings (SSSR count). The second-order valence-electron chi connectivity index (χ2n) is 7.65. The lowest BCUT2D eigenvalue weighted by atomic mass is 9.87. The third-order valence-electron chi connectivity index (χ3n) is 5.54. The van der Waals surface area contributed by atoms with Crippen LogP contribution < -0.4 is 0 Å². The minimum Gasteiger partial charge on any atom is -0.379 e. The highest BCUT2D eigenvalue weighted by molar-refractivity contribution is 4.98. The van der Waals surface area contributed by atoms with Gasteiger partial charge in [-0.2, -0.15) is 0 Å². The van der Waals surface area contributed by atoms with Crippen LogP contribution in [0.4, 0.5) is 0 Å². The second-order valence-corrected chi connectivity index (χ2v) is 7.65. The molecule has 0 bridgehead atoms. The van der Waals surface area contributed by atoms with Gasteiger partial charge in [0.25, 0.3) is 0 Å². The van der Waals surface area contributed by atoms with Crippen molar-refractivity contribution in [3.8, 4) is 0 Å². The molecule has 1 aliphatic carbocycles. The summed E-state index contributed by atoms with van der Waals surface area (Å²) >= 11 is 0. The molecule has 1 atom stereocenters. The highest BCUT2D eigenvalue weighted by Gasteiger charge is 2.42. The molecule has 1 unspecified atom stereocenters. The maximum Gasteiger partial charge on any atom is 0.122 e. The van der Waals surface area contributed by atoms with Gasteiger partial charge in [-0.25, -0.2) is 4.98 Å². The van der Waals surface area contributed by atoms with Crippen LogP contribution >= 0.6 is 0 Å². The Bertz CT molecular complexity index is 513. The van der Waals surface area contributed by atoms with Crippen LogP contribution in [-0.4, -0.2) is 65.3 Å². The van der Waals surface area contributed by atoms with Crippen molar-refractivity contribution >= 4 is 0 Å². The quantitative estimate of drug-likeness (QED) is 0.841. The molecular formula is C17H28N4O. The summed E-state index contributed by atoms with van der Waals surface area (Å²) in [5, 5.41) is 0. The minimum absolute atomic E-state index is 0.344. The fraction of sp³-hybridized carbons (Fsp3) is 0.824. The maximum atomic E-state index is 5.98. The van der Waals surface area contributed by atoms with Gasteiger partial charge in [-0.3, -0.25) is 4.90 Å². The third kappa shape index (κ3) is 3.21.